The Bertz CT molecular complexity index is 979. The average molecular weight is 396 g/mol. The molecule has 2 aromatic carbocycles. The van der Waals surface area contributed by atoms with Crippen molar-refractivity contribution in [1.29, 1.82) is 0 Å². The minimum atomic E-state index is -1.08. The molecule has 0 bridgehead atoms. The lowest BCUT2D eigenvalue weighted by atomic mass is 10.0. The summed E-state index contributed by atoms with van der Waals surface area (Å²) >= 11 is 0. The van der Waals surface area contributed by atoms with Crippen molar-refractivity contribution in [2.75, 3.05) is 12.4 Å². The smallest absolute Gasteiger partial charge is 0.337 e. The van der Waals surface area contributed by atoms with Gasteiger partial charge in [0.05, 0.1) is 29.5 Å². The van der Waals surface area contributed by atoms with E-state index in [4.69, 9.17) is 0 Å². The third-order valence-electron chi connectivity index (χ3n) is 4.68. The number of benzene rings is 2. The maximum Gasteiger partial charge on any atom is 0.337 e. The van der Waals surface area contributed by atoms with Crippen LogP contribution in [-0.2, 0) is 9.53 Å². The number of esters is 1. The van der Waals surface area contributed by atoms with E-state index >= 15 is 0 Å². The zero-order valence-electron chi connectivity index (χ0n) is 16.1. The van der Waals surface area contributed by atoms with Crippen LogP contribution in [-0.4, -0.2) is 46.8 Å². The molecule has 0 spiro atoms. The third-order valence-corrected chi connectivity index (χ3v) is 4.68. The van der Waals surface area contributed by atoms with Gasteiger partial charge in [0.1, 0.15) is 11.8 Å². The molecule has 150 valence electrons. The summed E-state index contributed by atoms with van der Waals surface area (Å²) in [5.41, 5.74) is 0.663. The molecule has 1 aliphatic rings. The molecule has 1 unspecified atom stereocenters. The Balaban J connectivity index is 1.88. The van der Waals surface area contributed by atoms with Crippen LogP contribution in [0.4, 0.5) is 5.69 Å². The monoisotopic (exact) mass is 396 g/mol. The molecule has 0 saturated heterocycles. The number of carbonyl (C=O) groups excluding carboxylic acids is 4. The number of imide groups is 1. The fourth-order valence-electron chi connectivity index (χ4n) is 3.27. The number of rotatable bonds is 5. The van der Waals surface area contributed by atoms with E-state index in [0.717, 1.165) is 11.0 Å². The largest absolute Gasteiger partial charge is 0.506 e. The molecular weight excluding hydrogens is 376 g/mol. The third kappa shape index (κ3) is 3.56. The van der Waals surface area contributed by atoms with Gasteiger partial charge in [0.2, 0.25) is 5.91 Å². The van der Waals surface area contributed by atoms with E-state index < -0.39 is 29.7 Å². The van der Waals surface area contributed by atoms with Crippen LogP contribution in [0.15, 0.2) is 42.5 Å². The molecule has 1 heterocycles. The van der Waals surface area contributed by atoms with Gasteiger partial charge in [0.15, 0.2) is 0 Å². The van der Waals surface area contributed by atoms with Gasteiger partial charge in [-0.15, -0.1) is 0 Å². The Labute approximate surface area is 167 Å². The second-order valence-electron chi connectivity index (χ2n) is 6.93. The van der Waals surface area contributed by atoms with Crippen molar-refractivity contribution >= 4 is 29.4 Å². The number of nitrogens with one attached hydrogen (secondary N) is 1. The maximum absolute atomic E-state index is 13.0. The molecule has 0 saturated carbocycles. The molecule has 29 heavy (non-hydrogen) atoms. The number of methoxy groups -OCH3 is 1. The summed E-state index contributed by atoms with van der Waals surface area (Å²) in [7, 11) is 1.21. The molecule has 3 amide bonds. The molecule has 0 radical (unpaired) electrons. The van der Waals surface area contributed by atoms with Crippen LogP contribution in [0.25, 0.3) is 0 Å². The first-order valence-corrected chi connectivity index (χ1v) is 8.95. The normalized spacial score (nSPS) is 14.0. The van der Waals surface area contributed by atoms with Gasteiger partial charge in [0, 0.05) is 0 Å². The van der Waals surface area contributed by atoms with Crippen molar-refractivity contribution in [3.8, 4) is 5.75 Å². The highest BCUT2D eigenvalue weighted by Gasteiger charge is 2.44. The number of hydrogen-bond donors (Lipinski definition) is 2. The first-order chi connectivity index (χ1) is 13.8. The van der Waals surface area contributed by atoms with Crippen molar-refractivity contribution < 1.29 is 29.0 Å². The van der Waals surface area contributed by atoms with Gasteiger partial charge in [0.25, 0.3) is 11.8 Å². The molecule has 3 rings (SSSR count). The lowest BCUT2D eigenvalue weighted by molar-refractivity contribution is -0.121. The average Bonchev–Trinajstić information content (AvgIpc) is 2.94. The number of aromatic hydroxyl groups is 1. The summed E-state index contributed by atoms with van der Waals surface area (Å²) in [6, 6.07) is 9.20. The second-order valence-corrected chi connectivity index (χ2v) is 6.93. The van der Waals surface area contributed by atoms with Gasteiger partial charge >= 0.3 is 5.97 Å². The molecular formula is C21H20N2O6. The Morgan fingerprint density at radius 1 is 1.03 bits per heavy atom. The highest BCUT2D eigenvalue weighted by Crippen LogP contribution is 2.29. The predicted molar refractivity (Wildman–Crippen MR) is 104 cm³/mol. The molecule has 2 N–H and O–H groups in total. The summed E-state index contributed by atoms with van der Waals surface area (Å²) in [6.45, 7) is 3.43. The van der Waals surface area contributed by atoms with Crippen molar-refractivity contribution in [3.63, 3.8) is 0 Å². The molecule has 0 fully saturated rings. The van der Waals surface area contributed by atoms with Crippen molar-refractivity contribution in [3.05, 3.63) is 59.2 Å². The van der Waals surface area contributed by atoms with Crippen molar-refractivity contribution in [2.24, 2.45) is 5.92 Å². The Morgan fingerprint density at radius 3 is 2.10 bits per heavy atom. The Hall–Kier alpha value is -3.68. The van der Waals surface area contributed by atoms with E-state index in [1.165, 1.54) is 19.2 Å². The number of carbonyl (C=O) groups is 4. The number of phenolic OH excluding ortho intramolecular Hbond substituents is 1. The maximum atomic E-state index is 13.0. The SMILES string of the molecule is COC(=O)c1ccc(NC(=O)C(C(C)C)N2C(=O)c3ccccc3C2=O)c(O)c1. The van der Waals surface area contributed by atoms with Gasteiger partial charge in [-0.1, -0.05) is 26.0 Å². The zero-order valence-corrected chi connectivity index (χ0v) is 16.1. The summed E-state index contributed by atoms with van der Waals surface area (Å²) < 4.78 is 4.58. The van der Waals surface area contributed by atoms with E-state index in [-0.39, 0.29) is 34.0 Å². The van der Waals surface area contributed by atoms with Crippen LogP contribution in [0.1, 0.15) is 44.9 Å². The Morgan fingerprint density at radius 2 is 1.62 bits per heavy atom. The first kappa shape index (κ1) is 20.1. The van der Waals surface area contributed by atoms with Gasteiger partial charge in [-0.05, 0) is 36.2 Å². The van der Waals surface area contributed by atoms with E-state index in [9.17, 15) is 24.3 Å². The molecule has 2 aromatic rings. The fourth-order valence-corrected chi connectivity index (χ4v) is 3.27. The number of phenols is 1. The second kappa shape index (κ2) is 7.75. The van der Waals surface area contributed by atoms with E-state index in [1.807, 2.05) is 0 Å². The lowest BCUT2D eigenvalue weighted by Crippen LogP contribution is -2.50. The van der Waals surface area contributed by atoms with Crippen LogP contribution in [0.3, 0.4) is 0 Å². The van der Waals surface area contributed by atoms with E-state index in [2.05, 4.69) is 10.1 Å². The van der Waals surface area contributed by atoms with Crippen LogP contribution < -0.4 is 5.32 Å². The standard InChI is InChI=1S/C21H20N2O6/c1-11(2)17(23-19(26)13-6-4-5-7-14(13)20(23)27)18(25)22-15-9-8-12(10-16(15)24)21(28)29-3/h4-11,17,24H,1-3H3,(H,22,25). The first-order valence-electron chi connectivity index (χ1n) is 8.95. The quantitative estimate of drug-likeness (QED) is 0.456. The van der Waals surface area contributed by atoms with Crippen molar-refractivity contribution in [1.82, 2.24) is 4.90 Å². The van der Waals surface area contributed by atoms with Crippen molar-refractivity contribution in [2.45, 2.75) is 19.9 Å². The fraction of sp³-hybridized carbons (Fsp3) is 0.238. The number of amides is 3. The molecule has 0 aliphatic carbocycles. The van der Waals surface area contributed by atoms with Crippen LogP contribution >= 0.6 is 0 Å². The van der Waals surface area contributed by atoms with Gasteiger partial charge in [-0.25, -0.2) is 4.79 Å². The number of nitrogens with zero attached hydrogens (tertiary/aromatic N) is 1. The minimum Gasteiger partial charge on any atom is -0.506 e. The van der Waals surface area contributed by atoms with E-state index in [0.29, 0.717) is 0 Å². The van der Waals surface area contributed by atoms with Gasteiger partial charge < -0.3 is 15.2 Å². The summed E-state index contributed by atoms with van der Waals surface area (Å²) in [6.07, 6.45) is 0. The summed E-state index contributed by atoms with van der Waals surface area (Å²) in [4.78, 5) is 51.0. The minimum absolute atomic E-state index is 0.0462. The number of anilines is 1. The summed E-state index contributed by atoms with van der Waals surface area (Å²) in [5.74, 6) is -3.06. The van der Waals surface area contributed by atoms with Crippen LogP contribution in [0, 0.1) is 5.92 Å². The Kier molecular flexibility index (Phi) is 5.36. The number of hydrogen-bond acceptors (Lipinski definition) is 6. The number of fused-ring (bicyclic) bond motifs is 1. The van der Waals surface area contributed by atoms with Gasteiger partial charge in [-0.2, -0.15) is 0 Å². The topological polar surface area (TPSA) is 113 Å². The lowest BCUT2D eigenvalue weighted by Gasteiger charge is -2.28. The molecule has 0 aromatic heterocycles. The predicted octanol–water partition coefficient (Wildman–Crippen LogP) is 2.44. The number of ether oxygens (including phenoxy) is 1. The summed E-state index contributed by atoms with van der Waals surface area (Å²) in [5, 5.41) is 12.7. The van der Waals surface area contributed by atoms with E-state index in [1.54, 1.807) is 38.1 Å². The van der Waals surface area contributed by atoms with Gasteiger partial charge in [-0.3, -0.25) is 19.3 Å². The molecule has 1 atom stereocenters. The zero-order chi connectivity index (χ0) is 21.3. The highest BCUT2D eigenvalue weighted by atomic mass is 16.5. The van der Waals surface area contributed by atoms with Crippen LogP contribution in [0.2, 0.25) is 0 Å². The highest BCUT2D eigenvalue weighted by molar-refractivity contribution is 6.23. The van der Waals surface area contributed by atoms with Crippen LogP contribution in [0.5, 0.6) is 5.75 Å². The molecule has 8 heteroatoms. The molecule has 8 nitrogen and oxygen atoms in total. The molecule has 1 aliphatic heterocycles.